The molecule has 3 heterocycles. The molecule has 2 amide bonds. The second-order valence-corrected chi connectivity index (χ2v) is 9.99. The number of benzene rings is 2. The molecule has 1 aliphatic heterocycles. The van der Waals surface area contributed by atoms with Crippen molar-refractivity contribution in [3.8, 4) is 0 Å². The Balaban J connectivity index is 1.45. The third-order valence-corrected chi connectivity index (χ3v) is 7.31. The van der Waals surface area contributed by atoms with Crippen LogP contribution in [0.4, 0.5) is 11.4 Å². The normalized spacial score (nSPS) is 17.2. The van der Waals surface area contributed by atoms with Gasteiger partial charge in [-0.15, -0.1) is 0 Å². The predicted octanol–water partition coefficient (Wildman–Crippen LogP) is 5.06. The van der Waals surface area contributed by atoms with Crippen LogP contribution in [0.25, 0.3) is 11.0 Å². The summed E-state index contributed by atoms with van der Waals surface area (Å²) in [5.41, 5.74) is 6.68. The highest BCUT2D eigenvalue weighted by Gasteiger charge is 2.38. The number of nitrogens with one attached hydrogen (secondary N) is 1. The van der Waals surface area contributed by atoms with E-state index in [0.717, 1.165) is 58.5 Å². The van der Waals surface area contributed by atoms with Gasteiger partial charge in [-0.25, -0.2) is 4.98 Å². The van der Waals surface area contributed by atoms with Crippen molar-refractivity contribution in [2.45, 2.75) is 51.5 Å². The third kappa shape index (κ3) is 3.85. The molecule has 2 aromatic heterocycles. The topological polar surface area (TPSA) is 80.1 Å². The van der Waals surface area contributed by atoms with Crippen LogP contribution in [-0.4, -0.2) is 32.6 Å². The van der Waals surface area contributed by atoms with E-state index in [0.29, 0.717) is 23.5 Å². The second-order valence-electron chi connectivity index (χ2n) is 9.99. The van der Waals surface area contributed by atoms with Gasteiger partial charge in [-0.1, -0.05) is 35.9 Å². The Hall–Kier alpha value is -4.00. The Labute approximate surface area is 210 Å². The number of aryl methyl sites for hydroxylation is 4. The first-order valence-electron chi connectivity index (χ1n) is 12.5. The van der Waals surface area contributed by atoms with Crippen molar-refractivity contribution in [1.82, 2.24) is 14.8 Å². The molecule has 2 aromatic carbocycles. The Morgan fingerprint density at radius 1 is 1.00 bits per heavy atom. The Bertz CT molecular complexity index is 1500. The van der Waals surface area contributed by atoms with E-state index in [1.807, 2.05) is 75.5 Å². The molecule has 1 unspecified atom stereocenters. The Kier molecular flexibility index (Phi) is 5.36. The largest absolute Gasteiger partial charge is 0.324 e. The van der Waals surface area contributed by atoms with E-state index in [2.05, 4.69) is 10.4 Å². The number of para-hydroxylation sites is 1. The minimum Gasteiger partial charge on any atom is -0.324 e. The van der Waals surface area contributed by atoms with E-state index in [9.17, 15) is 9.59 Å². The van der Waals surface area contributed by atoms with Crippen LogP contribution in [0.2, 0.25) is 0 Å². The molecule has 6 rings (SSSR count). The highest BCUT2D eigenvalue weighted by atomic mass is 16.2. The number of pyridine rings is 1. The molecule has 36 heavy (non-hydrogen) atoms. The molecule has 1 N–H and O–H groups in total. The molecule has 7 heteroatoms. The van der Waals surface area contributed by atoms with Crippen LogP contribution < -0.4 is 10.2 Å². The highest BCUT2D eigenvalue weighted by Crippen LogP contribution is 2.41. The Morgan fingerprint density at radius 3 is 2.50 bits per heavy atom. The van der Waals surface area contributed by atoms with Crippen molar-refractivity contribution in [1.29, 1.82) is 0 Å². The number of hydrogen-bond donors (Lipinski definition) is 1. The average molecular weight is 480 g/mol. The lowest BCUT2D eigenvalue weighted by atomic mass is 9.93. The first kappa shape index (κ1) is 22.5. The molecule has 1 atom stereocenters. The molecule has 0 spiro atoms. The van der Waals surface area contributed by atoms with Crippen LogP contribution >= 0.6 is 0 Å². The molecule has 2 aliphatic rings. The van der Waals surface area contributed by atoms with Crippen LogP contribution in [0, 0.1) is 13.8 Å². The number of nitrogens with zero attached hydrogens (tertiary/aromatic N) is 4. The molecular formula is C29H29N5O2. The average Bonchev–Trinajstić information content (AvgIpc) is 3.69. The first-order chi connectivity index (χ1) is 17.4. The third-order valence-electron chi connectivity index (χ3n) is 7.31. The number of amides is 2. The molecule has 1 saturated carbocycles. The maximum absolute atomic E-state index is 14.4. The zero-order chi connectivity index (χ0) is 25.0. The van der Waals surface area contributed by atoms with Crippen molar-refractivity contribution in [3.63, 3.8) is 0 Å². The zero-order valence-corrected chi connectivity index (χ0v) is 20.8. The van der Waals surface area contributed by atoms with E-state index in [1.54, 1.807) is 9.58 Å². The van der Waals surface area contributed by atoms with Gasteiger partial charge < -0.3 is 5.32 Å². The van der Waals surface area contributed by atoms with Gasteiger partial charge in [0.1, 0.15) is 6.04 Å². The van der Waals surface area contributed by atoms with E-state index in [-0.39, 0.29) is 11.8 Å². The second kappa shape index (κ2) is 8.59. The quantitative estimate of drug-likeness (QED) is 0.444. The minimum absolute atomic E-state index is 0.183. The van der Waals surface area contributed by atoms with Crippen LogP contribution in [0.3, 0.4) is 0 Å². The first-order valence-corrected chi connectivity index (χ1v) is 12.5. The standard InChI is InChI=1S/C29H29N5O2/c1-17-8-13-21(14-9-17)30-28(35)25-15-12-20-6-4-5-7-24(20)34(25)29(36)22-16-23(19-10-11-19)31-27-26(22)18(2)32-33(27)3/h4-9,13-14,16,19,25H,10-12,15H2,1-3H3,(H,30,35). The Morgan fingerprint density at radius 2 is 1.75 bits per heavy atom. The van der Waals surface area contributed by atoms with E-state index < -0.39 is 6.04 Å². The number of anilines is 2. The van der Waals surface area contributed by atoms with Crippen molar-refractivity contribution < 1.29 is 9.59 Å². The van der Waals surface area contributed by atoms with Crippen LogP contribution in [0.5, 0.6) is 0 Å². The fraction of sp³-hybridized carbons (Fsp3) is 0.310. The van der Waals surface area contributed by atoms with Crippen molar-refractivity contribution in [3.05, 3.63) is 82.7 Å². The number of carbonyl (C=O) groups excluding carboxylic acids is 2. The molecule has 0 saturated heterocycles. The van der Waals surface area contributed by atoms with Crippen molar-refractivity contribution in [2.75, 3.05) is 10.2 Å². The number of rotatable bonds is 4. The minimum atomic E-state index is -0.627. The maximum Gasteiger partial charge on any atom is 0.259 e. The van der Waals surface area contributed by atoms with Gasteiger partial charge in [-0.3, -0.25) is 19.2 Å². The van der Waals surface area contributed by atoms with Crippen LogP contribution in [-0.2, 0) is 18.3 Å². The number of fused-ring (bicyclic) bond motifs is 2. The van der Waals surface area contributed by atoms with Gasteiger partial charge in [0.05, 0.1) is 16.6 Å². The van der Waals surface area contributed by atoms with Gasteiger partial charge in [0.2, 0.25) is 5.91 Å². The van der Waals surface area contributed by atoms with E-state index in [4.69, 9.17) is 4.98 Å². The van der Waals surface area contributed by atoms with Crippen LogP contribution in [0.1, 0.15) is 58.1 Å². The fourth-order valence-electron chi connectivity index (χ4n) is 5.26. The summed E-state index contributed by atoms with van der Waals surface area (Å²) in [6, 6.07) is 16.9. The smallest absolute Gasteiger partial charge is 0.259 e. The lowest BCUT2D eigenvalue weighted by molar-refractivity contribution is -0.117. The fourth-order valence-corrected chi connectivity index (χ4v) is 5.26. The molecule has 1 fully saturated rings. The summed E-state index contributed by atoms with van der Waals surface area (Å²) in [4.78, 5) is 34.6. The van der Waals surface area contributed by atoms with E-state index >= 15 is 0 Å². The zero-order valence-electron chi connectivity index (χ0n) is 20.8. The number of aromatic nitrogens is 3. The van der Waals surface area contributed by atoms with Gasteiger partial charge in [0.15, 0.2) is 5.65 Å². The molecular weight excluding hydrogens is 450 g/mol. The number of hydrogen-bond acceptors (Lipinski definition) is 4. The van der Waals surface area contributed by atoms with Crippen LogP contribution in [0.15, 0.2) is 54.6 Å². The molecule has 1 aliphatic carbocycles. The molecule has 7 nitrogen and oxygen atoms in total. The molecule has 4 aromatic rings. The summed E-state index contributed by atoms with van der Waals surface area (Å²) in [6.07, 6.45) is 3.45. The summed E-state index contributed by atoms with van der Waals surface area (Å²) in [6.45, 7) is 3.92. The van der Waals surface area contributed by atoms with Crippen molar-refractivity contribution in [2.24, 2.45) is 7.05 Å². The van der Waals surface area contributed by atoms with E-state index in [1.165, 1.54) is 0 Å². The van der Waals surface area contributed by atoms with Gasteiger partial charge in [-0.05, 0) is 69.4 Å². The summed E-state index contributed by atoms with van der Waals surface area (Å²) in [5.74, 6) is 0.0133. The summed E-state index contributed by atoms with van der Waals surface area (Å²) < 4.78 is 1.75. The molecule has 0 radical (unpaired) electrons. The number of carbonyl (C=O) groups is 2. The summed E-state index contributed by atoms with van der Waals surface area (Å²) in [7, 11) is 1.86. The lowest BCUT2D eigenvalue weighted by Gasteiger charge is -2.36. The van der Waals surface area contributed by atoms with Gasteiger partial charge in [0, 0.05) is 30.0 Å². The summed E-state index contributed by atoms with van der Waals surface area (Å²) in [5, 5.41) is 8.36. The van der Waals surface area contributed by atoms with Gasteiger partial charge >= 0.3 is 0 Å². The maximum atomic E-state index is 14.4. The lowest BCUT2D eigenvalue weighted by Crippen LogP contribution is -2.50. The van der Waals surface area contributed by atoms with Gasteiger partial charge in [0.25, 0.3) is 5.91 Å². The SMILES string of the molecule is Cc1ccc(NC(=O)C2CCc3ccccc3N2C(=O)c2cc(C3CC3)nc3c2c(C)nn3C)cc1. The predicted molar refractivity (Wildman–Crippen MR) is 140 cm³/mol. The summed E-state index contributed by atoms with van der Waals surface area (Å²) >= 11 is 0. The molecule has 0 bridgehead atoms. The van der Waals surface area contributed by atoms with Gasteiger partial charge in [-0.2, -0.15) is 5.10 Å². The van der Waals surface area contributed by atoms with Crippen molar-refractivity contribution >= 4 is 34.2 Å². The molecule has 182 valence electrons. The highest BCUT2D eigenvalue weighted by molar-refractivity contribution is 6.17. The monoisotopic (exact) mass is 479 g/mol.